The predicted molar refractivity (Wildman–Crippen MR) is 103 cm³/mol. The van der Waals surface area contributed by atoms with E-state index in [0.29, 0.717) is 22.3 Å². The molecule has 26 heavy (non-hydrogen) atoms. The van der Waals surface area contributed by atoms with Gasteiger partial charge in [-0.2, -0.15) is 0 Å². The fraction of sp³-hybridized carbons (Fsp3) is 0.278. The Kier molecular flexibility index (Phi) is 7.32. The van der Waals surface area contributed by atoms with Crippen molar-refractivity contribution in [2.24, 2.45) is 0 Å². The van der Waals surface area contributed by atoms with Crippen molar-refractivity contribution in [3.8, 4) is 5.75 Å². The summed E-state index contributed by atoms with van der Waals surface area (Å²) in [6.07, 6.45) is -0.0986. The van der Waals surface area contributed by atoms with Crippen molar-refractivity contribution in [3.63, 3.8) is 0 Å². The van der Waals surface area contributed by atoms with Crippen LogP contribution in [0.15, 0.2) is 53.4 Å². The fourth-order valence-electron chi connectivity index (χ4n) is 2.15. The minimum Gasteiger partial charge on any atom is -0.492 e. The highest BCUT2D eigenvalue weighted by molar-refractivity contribution is 7.91. The molecule has 0 atom stereocenters. The Balaban J connectivity index is 1.80. The van der Waals surface area contributed by atoms with Crippen LogP contribution in [0.25, 0.3) is 0 Å². The number of amides is 1. The highest BCUT2D eigenvalue weighted by Gasteiger charge is 2.18. The summed E-state index contributed by atoms with van der Waals surface area (Å²) in [5.41, 5.74) is 0. The Morgan fingerprint density at radius 1 is 1.08 bits per heavy atom. The zero-order valence-corrected chi connectivity index (χ0v) is 16.5. The van der Waals surface area contributed by atoms with Gasteiger partial charge in [0.15, 0.2) is 9.84 Å². The first-order chi connectivity index (χ1) is 12.3. The fourth-order valence-corrected chi connectivity index (χ4v) is 3.69. The molecule has 2 aromatic rings. The average Bonchev–Trinajstić information content (AvgIpc) is 2.60. The highest BCUT2D eigenvalue weighted by atomic mass is 35.5. The Hall–Kier alpha value is -1.76. The van der Waals surface area contributed by atoms with E-state index in [0.717, 1.165) is 0 Å². The molecule has 0 fully saturated rings. The van der Waals surface area contributed by atoms with Crippen molar-refractivity contribution >= 4 is 38.9 Å². The molecule has 0 radical (unpaired) electrons. The lowest BCUT2D eigenvalue weighted by Crippen LogP contribution is -2.32. The molecule has 8 heteroatoms. The first-order valence-corrected chi connectivity index (χ1v) is 10.3. The number of hydrogen-bond acceptors (Lipinski definition) is 4. The number of carbonyl (C=O) groups excluding carboxylic acids is 1. The zero-order chi connectivity index (χ0) is 19.2. The maximum Gasteiger partial charge on any atom is 0.223 e. The van der Waals surface area contributed by atoms with Crippen LogP contribution in [-0.4, -0.2) is 45.2 Å². The van der Waals surface area contributed by atoms with Gasteiger partial charge in [0, 0.05) is 23.5 Å². The molecule has 0 bridgehead atoms. The van der Waals surface area contributed by atoms with E-state index in [1.165, 1.54) is 29.2 Å². The van der Waals surface area contributed by atoms with Crippen LogP contribution in [-0.2, 0) is 14.6 Å². The van der Waals surface area contributed by atoms with Gasteiger partial charge in [-0.1, -0.05) is 29.3 Å². The molecule has 0 aliphatic rings. The van der Waals surface area contributed by atoms with Gasteiger partial charge >= 0.3 is 0 Å². The van der Waals surface area contributed by atoms with Gasteiger partial charge in [-0.15, -0.1) is 0 Å². The Morgan fingerprint density at radius 3 is 2.42 bits per heavy atom. The third kappa shape index (κ3) is 6.20. The number of sulfone groups is 1. The second-order valence-electron chi connectivity index (χ2n) is 5.64. The maximum absolute atomic E-state index is 12.3. The van der Waals surface area contributed by atoms with Gasteiger partial charge in [0.1, 0.15) is 12.4 Å². The summed E-state index contributed by atoms with van der Waals surface area (Å²) in [4.78, 5) is 13.7. The molecule has 2 rings (SSSR count). The van der Waals surface area contributed by atoms with Crippen LogP contribution in [0.4, 0.5) is 0 Å². The summed E-state index contributed by atoms with van der Waals surface area (Å²) in [6, 6.07) is 12.9. The van der Waals surface area contributed by atoms with E-state index in [1.54, 1.807) is 31.3 Å². The average molecular weight is 416 g/mol. The van der Waals surface area contributed by atoms with Gasteiger partial charge in [-0.3, -0.25) is 4.79 Å². The number of ether oxygens (including phenoxy) is 1. The molecule has 0 heterocycles. The molecular weight excluding hydrogens is 397 g/mol. The lowest BCUT2D eigenvalue weighted by Gasteiger charge is -2.17. The summed E-state index contributed by atoms with van der Waals surface area (Å²) >= 11 is 11.6. The molecule has 0 unspecified atom stereocenters. The number of carbonyl (C=O) groups is 1. The maximum atomic E-state index is 12.3. The van der Waals surface area contributed by atoms with Gasteiger partial charge in [0.05, 0.1) is 17.2 Å². The molecule has 2 aromatic carbocycles. The van der Waals surface area contributed by atoms with Crippen LogP contribution in [0.5, 0.6) is 5.75 Å². The van der Waals surface area contributed by atoms with E-state index in [-0.39, 0.29) is 29.6 Å². The summed E-state index contributed by atoms with van der Waals surface area (Å²) in [7, 11) is -1.92. The van der Waals surface area contributed by atoms with E-state index in [1.807, 2.05) is 0 Å². The van der Waals surface area contributed by atoms with E-state index in [4.69, 9.17) is 27.9 Å². The van der Waals surface area contributed by atoms with Crippen molar-refractivity contribution in [2.75, 3.05) is 26.0 Å². The van der Waals surface area contributed by atoms with Crippen LogP contribution in [0, 0.1) is 0 Å². The van der Waals surface area contributed by atoms with Crippen LogP contribution >= 0.6 is 23.2 Å². The molecule has 5 nitrogen and oxygen atoms in total. The van der Waals surface area contributed by atoms with Crippen LogP contribution < -0.4 is 4.74 Å². The number of nitrogens with zero attached hydrogens (tertiary/aromatic N) is 1. The Labute approximate surface area is 163 Å². The summed E-state index contributed by atoms with van der Waals surface area (Å²) in [5, 5.41) is 1.03. The first-order valence-electron chi connectivity index (χ1n) is 7.88. The molecule has 1 amide bonds. The van der Waals surface area contributed by atoms with E-state index in [9.17, 15) is 13.2 Å². The van der Waals surface area contributed by atoms with E-state index >= 15 is 0 Å². The van der Waals surface area contributed by atoms with Gasteiger partial charge in [-0.25, -0.2) is 8.42 Å². The SMILES string of the molecule is CN(CCOc1cccc(Cl)c1)C(=O)CCS(=O)(=O)c1ccc(Cl)cc1. The largest absolute Gasteiger partial charge is 0.492 e. The molecule has 0 aliphatic carbocycles. The number of hydrogen-bond donors (Lipinski definition) is 0. The topological polar surface area (TPSA) is 63.7 Å². The smallest absolute Gasteiger partial charge is 0.223 e. The summed E-state index contributed by atoms with van der Waals surface area (Å²) < 4.78 is 30.0. The van der Waals surface area contributed by atoms with Gasteiger partial charge < -0.3 is 9.64 Å². The summed E-state index contributed by atoms with van der Waals surface area (Å²) in [6.45, 7) is 0.624. The number of benzene rings is 2. The molecule has 0 saturated carbocycles. The van der Waals surface area contributed by atoms with Crippen LogP contribution in [0.1, 0.15) is 6.42 Å². The lowest BCUT2D eigenvalue weighted by molar-refractivity contribution is -0.129. The standard InChI is InChI=1S/C18H19Cl2NO4S/c1-21(10-11-25-16-4-2-3-15(20)13-16)18(22)9-12-26(23,24)17-7-5-14(19)6-8-17/h2-8,13H,9-12H2,1H3. The van der Waals surface area contributed by atoms with Crippen molar-refractivity contribution in [1.29, 1.82) is 0 Å². The molecule has 0 N–H and O–H groups in total. The number of halogens is 2. The van der Waals surface area contributed by atoms with E-state index < -0.39 is 9.84 Å². The highest BCUT2D eigenvalue weighted by Crippen LogP contribution is 2.17. The lowest BCUT2D eigenvalue weighted by atomic mass is 10.3. The molecule has 0 aromatic heterocycles. The minimum absolute atomic E-state index is 0.0986. The van der Waals surface area contributed by atoms with Crippen molar-refractivity contribution in [2.45, 2.75) is 11.3 Å². The Morgan fingerprint density at radius 2 is 1.77 bits per heavy atom. The minimum atomic E-state index is -3.53. The number of rotatable bonds is 8. The number of likely N-dealkylation sites (N-methyl/N-ethyl adjacent to an activating group) is 1. The van der Waals surface area contributed by atoms with Crippen molar-refractivity contribution in [1.82, 2.24) is 4.90 Å². The summed E-state index contributed by atoms with van der Waals surface area (Å²) in [5.74, 6) is 0.0911. The van der Waals surface area contributed by atoms with Gasteiger partial charge in [0.25, 0.3) is 0 Å². The molecule has 140 valence electrons. The monoisotopic (exact) mass is 415 g/mol. The van der Waals surface area contributed by atoms with Crippen molar-refractivity contribution < 1.29 is 17.9 Å². The first kappa shape index (κ1) is 20.6. The van der Waals surface area contributed by atoms with Crippen LogP contribution in [0.2, 0.25) is 10.0 Å². The van der Waals surface area contributed by atoms with E-state index in [2.05, 4.69) is 0 Å². The third-order valence-electron chi connectivity index (χ3n) is 3.67. The second kappa shape index (κ2) is 9.26. The molecule has 0 spiro atoms. The quantitative estimate of drug-likeness (QED) is 0.659. The molecular formula is C18H19Cl2NO4S. The third-order valence-corrected chi connectivity index (χ3v) is 5.89. The van der Waals surface area contributed by atoms with Gasteiger partial charge in [-0.05, 0) is 42.5 Å². The zero-order valence-electron chi connectivity index (χ0n) is 14.2. The molecule has 0 saturated heterocycles. The van der Waals surface area contributed by atoms with Crippen LogP contribution in [0.3, 0.4) is 0 Å². The van der Waals surface area contributed by atoms with Gasteiger partial charge in [0.2, 0.25) is 5.91 Å². The predicted octanol–water partition coefficient (Wildman–Crippen LogP) is 3.69. The van der Waals surface area contributed by atoms with Crippen molar-refractivity contribution in [3.05, 3.63) is 58.6 Å². The Bertz CT molecular complexity index is 854. The normalized spacial score (nSPS) is 11.2. The molecule has 0 aliphatic heterocycles. The second-order valence-corrected chi connectivity index (χ2v) is 8.63.